The standard InChI is InChI=1S/C11H15N/c12-6-11-9-2-7-1-8(4-9)5-10(11)3-7/h7-11H,1-5H2/t7?,8?,9-,10+,11?. The number of hydrogen-bond donors (Lipinski definition) is 0. The molecule has 0 unspecified atom stereocenters. The summed E-state index contributed by atoms with van der Waals surface area (Å²) < 4.78 is 0. The first-order valence-electron chi connectivity index (χ1n) is 5.26. The number of rotatable bonds is 0. The summed E-state index contributed by atoms with van der Waals surface area (Å²) >= 11 is 0. The molecule has 1 nitrogen and oxygen atoms in total. The monoisotopic (exact) mass is 161 g/mol. The van der Waals surface area contributed by atoms with Gasteiger partial charge in [-0.2, -0.15) is 5.26 Å². The Labute approximate surface area is 73.8 Å². The number of hydrogen-bond acceptors (Lipinski definition) is 1. The van der Waals surface area contributed by atoms with Crippen molar-refractivity contribution >= 4 is 0 Å². The van der Waals surface area contributed by atoms with Crippen LogP contribution in [0.1, 0.15) is 32.1 Å². The predicted octanol–water partition coefficient (Wildman–Crippen LogP) is 2.58. The molecule has 0 radical (unpaired) electrons. The van der Waals surface area contributed by atoms with Crippen LogP contribution in [0.15, 0.2) is 0 Å². The molecule has 4 aliphatic carbocycles. The van der Waals surface area contributed by atoms with E-state index in [1.807, 2.05) is 0 Å². The maximum absolute atomic E-state index is 9.05. The average molecular weight is 161 g/mol. The highest BCUT2D eigenvalue weighted by atomic mass is 14.5. The molecular weight excluding hydrogens is 146 g/mol. The van der Waals surface area contributed by atoms with Gasteiger partial charge < -0.3 is 0 Å². The minimum Gasteiger partial charge on any atom is -0.198 e. The first kappa shape index (κ1) is 6.95. The fourth-order valence-electron chi connectivity index (χ4n) is 4.14. The molecule has 0 aliphatic heterocycles. The summed E-state index contributed by atoms with van der Waals surface area (Å²) in [6.07, 6.45) is 7.01. The molecule has 64 valence electrons. The van der Waals surface area contributed by atoms with Gasteiger partial charge in [0, 0.05) is 0 Å². The third-order valence-electron chi connectivity index (χ3n) is 4.38. The predicted molar refractivity (Wildman–Crippen MR) is 46.1 cm³/mol. The van der Waals surface area contributed by atoms with Crippen LogP contribution in [0, 0.1) is 40.9 Å². The van der Waals surface area contributed by atoms with E-state index in [9.17, 15) is 0 Å². The van der Waals surface area contributed by atoms with Crippen molar-refractivity contribution in [3.05, 3.63) is 0 Å². The highest BCUT2D eigenvalue weighted by Gasteiger charge is 2.48. The summed E-state index contributed by atoms with van der Waals surface area (Å²) in [4.78, 5) is 0. The summed E-state index contributed by atoms with van der Waals surface area (Å²) in [6, 6.07) is 2.55. The van der Waals surface area contributed by atoms with Crippen molar-refractivity contribution in [2.45, 2.75) is 32.1 Å². The molecule has 0 N–H and O–H groups in total. The van der Waals surface area contributed by atoms with Crippen LogP contribution in [0.5, 0.6) is 0 Å². The Morgan fingerprint density at radius 2 is 1.33 bits per heavy atom. The average Bonchev–Trinajstić information content (AvgIpc) is 2.02. The normalized spacial score (nSPS) is 55.4. The molecule has 0 heterocycles. The first-order valence-corrected chi connectivity index (χ1v) is 5.26. The van der Waals surface area contributed by atoms with Gasteiger partial charge in [0.15, 0.2) is 0 Å². The van der Waals surface area contributed by atoms with Crippen molar-refractivity contribution < 1.29 is 0 Å². The number of nitriles is 1. The zero-order valence-corrected chi connectivity index (χ0v) is 7.37. The highest BCUT2D eigenvalue weighted by Crippen LogP contribution is 2.56. The second kappa shape index (κ2) is 2.25. The molecule has 4 bridgehead atoms. The summed E-state index contributed by atoms with van der Waals surface area (Å²) in [6.45, 7) is 0. The Morgan fingerprint density at radius 3 is 1.75 bits per heavy atom. The van der Waals surface area contributed by atoms with Crippen LogP contribution < -0.4 is 0 Å². The van der Waals surface area contributed by atoms with Gasteiger partial charge in [0.05, 0.1) is 12.0 Å². The lowest BCUT2D eigenvalue weighted by atomic mass is 9.52. The van der Waals surface area contributed by atoms with Gasteiger partial charge in [-0.15, -0.1) is 0 Å². The molecule has 12 heavy (non-hydrogen) atoms. The van der Waals surface area contributed by atoms with E-state index in [-0.39, 0.29) is 0 Å². The van der Waals surface area contributed by atoms with E-state index in [1.165, 1.54) is 32.1 Å². The maximum Gasteiger partial charge on any atom is 0.0661 e. The van der Waals surface area contributed by atoms with Gasteiger partial charge in [-0.05, 0) is 55.8 Å². The molecule has 0 amide bonds. The smallest absolute Gasteiger partial charge is 0.0661 e. The van der Waals surface area contributed by atoms with Gasteiger partial charge in [-0.25, -0.2) is 0 Å². The Morgan fingerprint density at radius 1 is 0.833 bits per heavy atom. The van der Waals surface area contributed by atoms with Gasteiger partial charge in [-0.3, -0.25) is 0 Å². The minimum absolute atomic E-state index is 0.442. The lowest BCUT2D eigenvalue weighted by Crippen LogP contribution is -2.44. The van der Waals surface area contributed by atoms with Crippen molar-refractivity contribution in [1.82, 2.24) is 0 Å². The summed E-state index contributed by atoms with van der Waals surface area (Å²) in [7, 11) is 0. The van der Waals surface area contributed by atoms with Crippen molar-refractivity contribution in [2.24, 2.45) is 29.6 Å². The van der Waals surface area contributed by atoms with Gasteiger partial charge >= 0.3 is 0 Å². The van der Waals surface area contributed by atoms with E-state index in [1.54, 1.807) is 0 Å². The zero-order chi connectivity index (χ0) is 8.13. The molecule has 4 rings (SSSR count). The topological polar surface area (TPSA) is 23.8 Å². The van der Waals surface area contributed by atoms with Crippen molar-refractivity contribution in [3.63, 3.8) is 0 Å². The van der Waals surface area contributed by atoms with Crippen LogP contribution in [0.2, 0.25) is 0 Å². The molecule has 4 fully saturated rings. The first-order chi connectivity index (χ1) is 5.86. The van der Waals surface area contributed by atoms with Crippen LogP contribution in [-0.4, -0.2) is 0 Å². The SMILES string of the molecule is N#CC1[C@H]2CC3CC(C[C@H]1C3)C2. The molecule has 4 aliphatic rings. The summed E-state index contributed by atoms with van der Waals surface area (Å²) in [5.74, 6) is 4.06. The zero-order valence-electron chi connectivity index (χ0n) is 7.37. The summed E-state index contributed by atoms with van der Waals surface area (Å²) in [5.41, 5.74) is 0. The van der Waals surface area contributed by atoms with E-state index < -0.39 is 0 Å². The van der Waals surface area contributed by atoms with E-state index in [2.05, 4.69) is 6.07 Å². The van der Waals surface area contributed by atoms with Crippen LogP contribution in [0.25, 0.3) is 0 Å². The lowest BCUT2D eigenvalue weighted by Gasteiger charge is -2.52. The van der Waals surface area contributed by atoms with Crippen LogP contribution >= 0.6 is 0 Å². The fraction of sp³-hybridized carbons (Fsp3) is 0.909. The maximum atomic E-state index is 9.05. The van der Waals surface area contributed by atoms with Crippen molar-refractivity contribution in [1.29, 1.82) is 5.26 Å². The molecule has 0 aromatic carbocycles. The van der Waals surface area contributed by atoms with E-state index in [4.69, 9.17) is 5.26 Å². The third kappa shape index (κ3) is 0.787. The molecule has 0 atom stereocenters. The molecule has 0 spiro atoms. The summed E-state index contributed by atoms with van der Waals surface area (Å²) in [5, 5.41) is 9.05. The van der Waals surface area contributed by atoms with Crippen molar-refractivity contribution in [2.75, 3.05) is 0 Å². The molecule has 4 saturated carbocycles. The van der Waals surface area contributed by atoms with Gasteiger partial charge in [-0.1, -0.05) is 0 Å². The number of nitrogens with zero attached hydrogens (tertiary/aromatic N) is 1. The second-order valence-corrected chi connectivity index (χ2v) is 5.09. The molecule has 1 heteroatoms. The van der Waals surface area contributed by atoms with Gasteiger partial charge in [0.25, 0.3) is 0 Å². The Hall–Kier alpha value is -0.510. The highest BCUT2D eigenvalue weighted by molar-refractivity contribution is 5.05. The third-order valence-corrected chi connectivity index (χ3v) is 4.38. The largest absolute Gasteiger partial charge is 0.198 e. The lowest BCUT2D eigenvalue weighted by molar-refractivity contribution is -0.0130. The molecular formula is C11H15N. The van der Waals surface area contributed by atoms with Crippen LogP contribution in [-0.2, 0) is 0 Å². The Balaban J connectivity index is 1.91. The van der Waals surface area contributed by atoms with Gasteiger partial charge in [0.1, 0.15) is 0 Å². The van der Waals surface area contributed by atoms with Gasteiger partial charge in [0.2, 0.25) is 0 Å². The molecule has 0 aromatic rings. The van der Waals surface area contributed by atoms with Crippen molar-refractivity contribution in [3.8, 4) is 6.07 Å². The quantitative estimate of drug-likeness (QED) is 0.535. The van der Waals surface area contributed by atoms with Crippen LogP contribution in [0.3, 0.4) is 0 Å². The van der Waals surface area contributed by atoms with Crippen LogP contribution in [0.4, 0.5) is 0 Å². The Kier molecular flexibility index (Phi) is 1.30. The Bertz CT molecular complexity index is 210. The molecule has 0 saturated heterocycles. The van der Waals surface area contributed by atoms with E-state index >= 15 is 0 Å². The minimum atomic E-state index is 0.442. The van der Waals surface area contributed by atoms with E-state index in [0.29, 0.717) is 5.92 Å². The molecule has 0 aromatic heterocycles. The fourth-order valence-corrected chi connectivity index (χ4v) is 4.14. The second-order valence-electron chi connectivity index (χ2n) is 5.09. The van der Waals surface area contributed by atoms with E-state index in [0.717, 1.165) is 23.7 Å².